The van der Waals surface area contributed by atoms with E-state index in [1.165, 1.54) is 6.33 Å². The fraction of sp³-hybridized carbons (Fsp3) is 0.350. The molecule has 1 aliphatic rings. The summed E-state index contributed by atoms with van der Waals surface area (Å²) >= 11 is 0. The van der Waals surface area contributed by atoms with Crippen LogP contribution in [-0.2, 0) is 4.79 Å². The van der Waals surface area contributed by atoms with E-state index in [1.54, 1.807) is 22.8 Å². The van der Waals surface area contributed by atoms with Gasteiger partial charge in [-0.2, -0.15) is 14.8 Å². The zero-order valence-corrected chi connectivity index (χ0v) is 16.4. The minimum Gasteiger partial charge on any atom is -0.340 e. The number of benzene rings is 1. The maximum atomic E-state index is 12.8. The van der Waals surface area contributed by atoms with Crippen molar-refractivity contribution in [2.24, 2.45) is 0 Å². The van der Waals surface area contributed by atoms with E-state index in [2.05, 4.69) is 33.8 Å². The molecule has 4 rings (SSSR count). The van der Waals surface area contributed by atoms with Gasteiger partial charge in [0.2, 0.25) is 5.91 Å². The molecule has 1 atom stereocenters. The van der Waals surface area contributed by atoms with Gasteiger partial charge in [-0.3, -0.25) is 4.79 Å². The SMILES string of the molecule is CC[C@@H]1C(=O)N(C)c2cnc(-n3ncnc3-c3ccccc3)nc2N1C(C)C. The molecular weight excluding hydrogens is 354 g/mol. The van der Waals surface area contributed by atoms with Gasteiger partial charge in [0.05, 0.1) is 6.20 Å². The number of hydrogen-bond acceptors (Lipinski definition) is 6. The molecule has 3 aromatic rings. The minimum absolute atomic E-state index is 0.0609. The molecule has 2 aromatic heterocycles. The largest absolute Gasteiger partial charge is 0.340 e. The van der Waals surface area contributed by atoms with Crippen molar-refractivity contribution in [3.8, 4) is 17.3 Å². The molecule has 0 unspecified atom stereocenters. The van der Waals surface area contributed by atoms with Crippen molar-refractivity contribution in [3.05, 3.63) is 42.9 Å². The Morgan fingerprint density at radius 3 is 2.57 bits per heavy atom. The van der Waals surface area contributed by atoms with E-state index in [9.17, 15) is 4.79 Å². The molecule has 144 valence electrons. The van der Waals surface area contributed by atoms with Crippen LogP contribution in [0.5, 0.6) is 0 Å². The van der Waals surface area contributed by atoms with Gasteiger partial charge in [-0.1, -0.05) is 37.3 Å². The Hall–Kier alpha value is -3.29. The highest BCUT2D eigenvalue weighted by Gasteiger charge is 2.38. The van der Waals surface area contributed by atoms with Gasteiger partial charge in [0.1, 0.15) is 18.1 Å². The second-order valence-electron chi connectivity index (χ2n) is 7.06. The summed E-state index contributed by atoms with van der Waals surface area (Å²) in [6.07, 6.45) is 3.89. The lowest BCUT2D eigenvalue weighted by Gasteiger charge is -2.42. The summed E-state index contributed by atoms with van der Waals surface area (Å²) in [7, 11) is 1.77. The molecule has 0 N–H and O–H groups in total. The van der Waals surface area contributed by atoms with E-state index in [0.717, 1.165) is 11.4 Å². The summed E-state index contributed by atoms with van der Waals surface area (Å²) in [6.45, 7) is 6.15. The van der Waals surface area contributed by atoms with E-state index >= 15 is 0 Å². The number of carbonyl (C=O) groups excluding carboxylic acids is 1. The first-order chi connectivity index (χ1) is 13.5. The van der Waals surface area contributed by atoms with Gasteiger partial charge in [0.15, 0.2) is 11.6 Å². The number of rotatable bonds is 4. The average molecular weight is 377 g/mol. The molecule has 0 bridgehead atoms. The van der Waals surface area contributed by atoms with Crippen molar-refractivity contribution in [1.29, 1.82) is 0 Å². The van der Waals surface area contributed by atoms with Crippen molar-refractivity contribution >= 4 is 17.4 Å². The summed E-state index contributed by atoms with van der Waals surface area (Å²) < 4.78 is 1.63. The fourth-order valence-corrected chi connectivity index (χ4v) is 3.64. The third-order valence-corrected chi connectivity index (χ3v) is 5.01. The number of likely N-dealkylation sites (N-methyl/N-ethyl adjacent to an activating group) is 1. The van der Waals surface area contributed by atoms with Crippen molar-refractivity contribution < 1.29 is 4.79 Å². The van der Waals surface area contributed by atoms with Crippen molar-refractivity contribution in [3.63, 3.8) is 0 Å². The van der Waals surface area contributed by atoms with E-state index in [-0.39, 0.29) is 18.0 Å². The highest BCUT2D eigenvalue weighted by molar-refractivity contribution is 6.04. The van der Waals surface area contributed by atoms with Crippen molar-refractivity contribution in [1.82, 2.24) is 24.7 Å². The Morgan fingerprint density at radius 1 is 1.14 bits per heavy atom. The fourth-order valence-electron chi connectivity index (χ4n) is 3.64. The first-order valence-electron chi connectivity index (χ1n) is 9.41. The van der Waals surface area contributed by atoms with E-state index in [1.807, 2.05) is 37.3 Å². The van der Waals surface area contributed by atoms with Crippen LogP contribution in [0.1, 0.15) is 27.2 Å². The highest BCUT2D eigenvalue weighted by atomic mass is 16.2. The van der Waals surface area contributed by atoms with Crippen LogP contribution in [0.2, 0.25) is 0 Å². The van der Waals surface area contributed by atoms with Crippen molar-refractivity contribution in [2.75, 3.05) is 16.8 Å². The monoisotopic (exact) mass is 377 g/mol. The minimum atomic E-state index is -0.246. The Kier molecular flexibility index (Phi) is 4.54. The second-order valence-corrected chi connectivity index (χ2v) is 7.06. The molecule has 0 fully saturated rings. The molecule has 8 heteroatoms. The van der Waals surface area contributed by atoms with Crippen LogP contribution >= 0.6 is 0 Å². The summed E-state index contributed by atoms with van der Waals surface area (Å²) in [5.74, 6) is 1.90. The smallest absolute Gasteiger partial charge is 0.254 e. The van der Waals surface area contributed by atoms with Gasteiger partial charge in [0, 0.05) is 18.7 Å². The molecule has 1 aromatic carbocycles. The normalized spacial score (nSPS) is 16.6. The lowest BCUT2D eigenvalue weighted by molar-refractivity contribution is -0.120. The maximum absolute atomic E-state index is 12.8. The lowest BCUT2D eigenvalue weighted by Crippen LogP contribution is -2.55. The summed E-state index contributed by atoms with van der Waals surface area (Å²) in [4.78, 5) is 30.2. The van der Waals surface area contributed by atoms with Crippen LogP contribution in [0.25, 0.3) is 17.3 Å². The van der Waals surface area contributed by atoms with Gasteiger partial charge < -0.3 is 9.80 Å². The number of anilines is 2. The number of fused-ring (bicyclic) bond motifs is 1. The Bertz CT molecular complexity index is 999. The molecule has 0 saturated heterocycles. The van der Waals surface area contributed by atoms with Gasteiger partial charge in [-0.25, -0.2) is 9.97 Å². The molecule has 0 aliphatic carbocycles. The summed E-state index contributed by atoms with van der Waals surface area (Å²) in [5, 5.41) is 4.34. The number of carbonyl (C=O) groups is 1. The van der Waals surface area contributed by atoms with Crippen molar-refractivity contribution in [2.45, 2.75) is 39.3 Å². The van der Waals surface area contributed by atoms with Crippen LogP contribution in [0, 0.1) is 0 Å². The van der Waals surface area contributed by atoms with E-state index < -0.39 is 0 Å². The topological polar surface area (TPSA) is 80.0 Å². The zero-order chi connectivity index (χ0) is 19.8. The van der Waals surface area contributed by atoms with Gasteiger partial charge in [0.25, 0.3) is 5.95 Å². The number of hydrogen-bond donors (Lipinski definition) is 0. The Morgan fingerprint density at radius 2 is 1.89 bits per heavy atom. The molecule has 1 aliphatic heterocycles. The van der Waals surface area contributed by atoms with Crippen LogP contribution < -0.4 is 9.80 Å². The third-order valence-electron chi connectivity index (χ3n) is 5.01. The Balaban J connectivity index is 1.85. The van der Waals surface area contributed by atoms with Crippen LogP contribution in [0.4, 0.5) is 11.5 Å². The summed E-state index contributed by atoms with van der Waals surface area (Å²) in [5.41, 5.74) is 1.63. The molecule has 3 heterocycles. The highest BCUT2D eigenvalue weighted by Crippen LogP contribution is 2.36. The van der Waals surface area contributed by atoms with Gasteiger partial charge in [-0.05, 0) is 20.3 Å². The summed E-state index contributed by atoms with van der Waals surface area (Å²) in [6, 6.07) is 9.68. The quantitative estimate of drug-likeness (QED) is 0.695. The maximum Gasteiger partial charge on any atom is 0.254 e. The molecule has 0 radical (unpaired) electrons. The number of nitrogens with zero attached hydrogens (tertiary/aromatic N) is 7. The zero-order valence-electron chi connectivity index (χ0n) is 16.4. The molecule has 28 heavy (non-hydrogen) atoms. The molecular formula is C20H23N7O. The molecule has 8 nitrogen and oxygen atoms in total. The standard InChI is InChI=1S/C20H23N7O/c1-5-15-19(28)25(4)16-11-21-20(24-18(16)26(15)13(2)3)27-17(22-12-23-27)14-9-7-6-8-10-14/h6-13,15H,5H2,1-4H3/t15-/m1/s1. The van der Waals surface area contributed by atoms with Gasteiger partial charge in [-0.15, -0.1) is 0 Å². The van der Waals surface area contributed by atoms with E-state index in [0.29, 0.717) is 23.9 Å². The first kappa shape index (κ1) is 18.1. The lowest BCUT2D eigenvalue weighted by atomic mass is 10.1. The number of amides is 1. The first-order valence-corrected chi connectivity index (χ1v) is 9.41. The number of aromatic nitrogens is 5. The second kappa shape index (κ2) is 7.03. The van der Waals surface area contributed by atoms with E-state index in [4.69, 9.17) is 4.98 Å². The van der Waals surface area contributed by atoms with Crippen LogP contribution in [0.3, 0.4) is 0 Å². The molecule has 1 amide bonds. The average Bonchev–Trinajstić information content (AvgIpc) is 3.20. The predicted octanol–water partition coefficient (Wildman–Crippen LogP) is 2.69. The Labute approximate surface area is 163 Å². The van der Waals surface area contributed by atoms with Gasteiger partial charge >= 0.3 is 0 Å². The van der Waals surface area contributed by atoms with Crippen LogP contribution in [-0.4, -0.2) is 49.8 Å². The predicted molar refractivity (Wildman–Crippen MR) is 107 cm³/mol. The molecule has 0 saturated carbocycles. The van der Waals surface area contributed by atoms with Crippen LogP contribution in [0.15, 0.2) is 42.9 Å². The molecule has 0 spiro atoms. The third kappa shape index (κ3) is 2.81.